The third kappa shape index (κ3) is 4.62. The lowest BCUT2D eigenvalue weighted by Gasteiger charge is -2.26. The summed E-state index contributed by atoms with van der Waals surface area (Å²) in [5.41, 5.74) is 1.40. The van der Waals surface area contributed by atoms with Crippen LogP contribution in [0, 0.1) is 0 Å². The lowest BCUT2D eigenvalue weighted by Crippen LogP contribution is -2.39. The number of carbonyl (C=O) groups excluding carboxylic acids is 1. The van der Waals surface area contributed by atoms with Crippen molar-refractivity contribution in [3.05, 3.63) is 71.2 Å². The number of nitrogens with one attached hydrogen (secondary N) is 1. The van der Waals surface area contributed by atoms with Crippen LogP contribution in [0.15, 0.2) is 64.3 Å². The largest absolute Gasteiger partial charge is 0.497 e. The Morgan fingerprint density at radius 3 is 2.74 bits per heavy atom. The summed E-state index contributed by atoms with van der Waals surface area (Å²) in [6, 6.07) is 13.4. The molecule has 1 aromatic carbocycles. The minimum absolute atomic E-state index is 0.0110. The van der Waals surface area contributed by atoms with E-state index in [0.717, 1.165) is 47.9 Å². The molecule has 176 valence electrons. The predicted octanol–water partition coefficient (Wildman–Crippen LogP) is 3.68. The molecule has 1 amide bonds. The molecule has 1 N–H and O–H groups in total. The standard InChI is InChI=1S/C25H26N4O4S/c1-32-18-8-6-17(7-9-18)22-13-19-24(34-22)25(31)29(16-27-19)15-23(30)26-14-20(21-5-4-12-33-21)28-10-2-3-11-28/h4-9,12-13,16,20H,2-3,10-11,14-15H2,1H3,(H,26,30)/t20-/m1/s1. The molecule has 34 heavy (non-hydrogen) atoms. The number of methoxy groups -OCH3 is 1. The molecule has 4 heterocycles. The van der Waals surface area contributed by atoms with Gasteiger partial charge in [0, 0.05) is 11.4 Å². The number of fused-ring (bicyclic) bond motifs is 1. The number of amides is 1. The number of hydrogen-bond acceptors (Lipinski definition) is 7. The van der Waals surface area contributed by atoms with E-state index in [1.807, 2.05) is 42.5 Å². The van der Waals surface area contributed by atoms with Crippen LogP contribution < -0.4 is 15.6 Å². The summed E-state index contributed by atoms with van der Waals surface area (Å²) in [4.78, 5) is 33.5. The van der Waals surface area contributed by atoms with Crippen LogP contribution in [0.3, 0.4) is 0 Å². The van der Waals surface area contributed by atoms with Gasteiger partial charge < -0.3 is 14.5 Å². The van der Waals surface area contributed by atoms with Crippen molar-refractivity contribution in [2.75, 3.05) is 26.7 Å². The lowest BCUT2D eigenvalue weighted by molar-refractivity contribution is -0.122. The Kier molecular flexibility index (Phi) is 6.46. The fraction of sp³-hybridized carbons (Fsp3) is 0.320. The number of furan rings is 1. The fourth-order valence-electron chi connectivity index (χ4n) is 4.32. The van der Waals surface area contributed by atoms with Gasteiger partial charge in [-0.05, 0) is 74.0 Å². The Hall–Kier alpha value is -3.43. The lowest BCUT2D eigenvalue weighted by atomic mass is 10.2. The molecule has 1 aliphatic heterocycles. The molecule has 0 saturated carbocycles. The summed E-state index contributed by atoms with van der Waals surface area (Å²) in [5.74, 6) is 1.38. The van der Waals surface area contributed by atoms with Crippen molar-refractivity contribution in [1.29, 1.82) is 0 Å². The first-order valence-corrected chi connectivity index (χ1v) is 12.1. The zero-order valence-corrected chi connectivity index (χ0v) is 19.7. The third-order valence-corrected chi connectivity index (χ3v) is 7.30. The Bertz CT molecular complexity index is 1320. The number of rotatable bonds is 8. The van der Waals surface area contributed by atoms with Gasteiger partial charge >= 0.3 is 0 Å². The van der Waals surface area contributed by atoms with Crippen LogP contribution in [0.5, 0.6) is 5.75 Å². The highest BCUT2D eigenvalue weighted by Gasteiger charge is 2.26. The molecule has 5 rings (SSSR count). The molecule has 1 aliphatic rings. The van der Waals surface area contributed by atoms with Gasteiger partial charge in [0.25, 0.3) is 5.56 Å². The van der Waals surface area contributed by atoms with E-state index in [1.54, 1.807) is 13.4 Å². The van der Waals surface area contributed by atoms with Crippen molar-refractivity contribution in [3.63, 3.8) is 0 Å². The fourth-order valence-corrected chi connectivity index (χ4v) is 5.39. The highest BCUT2D eigenvalue weighted by molar-refractivity contribution is 7.22. The number of thiophene rings is 1. The number of nitrogens with zero attached hydrogens (tertiary/aromatic N) is 3. The highest BCUT2D eigenvalue weighted by atomic mass is 32.1. The van der Waals surface area contributed by atoms with Gasteiger partial charge in [0.15, 0.2) is 0 Å². The van der Waals surface area contributed by atoms with Gasteiger partial charge in [0.05, 0.1) is 31.3 Å². The molecule has 0 spiro atoms. The van der Waals surface area contributed by atoms with Crippen molar-refractivity contribution < 1.29 is 13.9 Å². The average Bonchev–Trinajstić information content (AvgIpc) is 3.64. The number of hydrogen-bond donors (Lipinski definition) is 1. The molecule has 1 fully saturated rings. The smallest absolute Gasteiger partial charge is 0.271 e. The molecule has 1 atom stereocenters. The van der Waals surface area contributed by atoms with Gasteiger partial charge in [-0.2, -0.15) is 0 Å². The summed E-state index contributed by atoms with van der Waals surface area (Å²) in [7, 11) is 1.63. The van der Waals surface area contributed by atoms with Crippen LogP contribution in [0.2, 0.25) is 0 Å². The molecule has 9 heteroatoms. The second-order valence-corrected chi connectivity index (χ2v) is 9.36. The summed E-state index contributed by atoms with van der Waals surface area (Å²) in [5, 5.41) is 2.98. The van der Waals surface area contributed by atoms with Crippen molar-refractivity contribution in [2.45, 2.75) is 25.4 Å². The van der Waals surface area contributed by atoms with E-state index in [1.165, 1.54) is 22.2 Å². The van der Waals surface area contributed by atoms with Crippen molar-refractivity contribution in [2.24, 2.45) is 0 Å². The highest BCUT2D eigenvalue weighted by Crippen LogP contribution is 2.31. The SMILES string of the molecule is COc1ccc(-c2cc3ncn(CC(=O)NC[C@H](c4ccco4)N4CCCC4)c(=O)c3s2)cc1. The molecule has 1 saturated heterocycles. The summed E-state index contributed by atoms with van der Waals surface area (Å²) < 4.78 is 12.7. The van der Waals surface area contributed by atoms with Crippen molar-refractivity contribution in [3.8, 4) is 16.2 Å². The number of aromatic nitrogens is 2. The van der Waals surface area contributed by atoms with Gasteiger partial charge in [-0.1, -0.05) is 0 Å². The van der Waals surface area contributed by atoms with Gasteiger partial charge in [-0.3, -0.25) is 19.1 Å². The normalized spacial score (nSPS) is 15.0. The van der Waals surface area contributed by atoms with Crippen molar-refractivity contribution >= 4 is 27.5 Å². The monoisotopic (exact) mass is 478 g/mol. The second kappa shape index (κ2) is 9.82. The number of carbonyl (C=O) groups is 1. The number of likely N-dealkylation sites (tertiary alicyclic amines) is 1. The third-order valence-electron chi connectivity index (χ3n) is 6.14. The molecule has 0 radical (unpaired) electrons. The molecule has 0 aliphatic carbocycles. The van der Waals surface area contributed by atoms with E-state index in [2.05, 4.69) is 15.2 Å². The zero-order chi connectivity index (χ0) is 23.5. The zero-order valence-electron chi connectivity index (χ0n) is 18.9. The molecule has 3 aromatic heterocycles. The summed E-state index contributed by atoms with van der Waals surface area (Å²) in [6.07, 6.45) is 5.39. The summed E-state index contributed by atoms with van der Waals surface area (Å²) in [6.45, 7) is 2.31. The molecule has 0 bridgehead atoms. The number of ether oxygens (including phenoxy) is 1. The first-order chi connectivity index (χ1) is 16.6. The van der Waals surface area contributed by atoms with Crippen LogP contribution in [-0.2, 0) is 11.3 Å². The Balaban J connectivity index is 1.29. The van der Waals surface area contributed by atoms with E-state index in [0.29, 0.717) is 16.8 Å². The Labute approximate surface area is 200 Å². The van der Waals surface area contributed by atoms with Crippen LogP contribution in [-0.4, -0.2) is 47.1 Å². The maximum Gasteiger partial charge on any atom is 0.271 e. The Morgan fingerprint density at radius 2 is 2.03 bits per heavy atom. The van der Waals surface area contributed by atoms with E-state index in [-0.39, 0.29) is 24.1 Å². The average molecular weight is 479 g/mol. The first-order valence-electron chi connectivity index (χ1n) is 11.3. The van der Waals surface area contributed by atoms with Gasteiger partial charge in [-0.25, -0.2) is 4.98 Å². The topological polar surface area (TPSA) is 89.6 Å². The van der Waals surface area contributed by atoms with E-state index in [4.69, 9.17) is 9.15 Å². The maximum atomic E-state index is 13.1. The predicted molar refractivity (Wildman–Crippen MR) is 131 cm³/mol. The van der Waals surface area contributed by atoms with Crippen molar-refractivity contribution in [1.82, 2.24) is 19.8 Å². The molecular formula is C25H26N4O4S. The minimum Gasteiger partial charge on any atom is -0.497 e. The van der Waals surface area contributed by atoms with Crippen LogP contribution in [0.25, 0.3) is 20.7 Å². The molecular weight excluding hydrogens is 452 g/mol. The molecule has 4 aromatic rings. The molecule has 0 unspecified atom stereocenters. The summed E-state index contributed by atoms with van der Waals surface area (Å²) >= 11 is 1.38. The minimum atomic E-state index is -0.231. The molecule has 8 nitrogen and oxygen atoms in total. The van der Waals surface area contributed by atoms with Gasteiger partial charge in [-0.15, -0.1) is 11.3 Å². The number of benzene rings is 1. The van der Waals surface area contributed by atoms with E-state index < -0.39 is 0 Å². The van der Waals surface area contributed by atoms with Gasteiger partial charge in [0.1, 0.15) is 22.8 Å². The van der Waals surface area contributed by atoms with E-state index in [9.17, 15) is 9.59 Å². The van der Waals surface area contributed by atoms with E-state index >= 15 is 0 Å². The van der Waals surface area contributed by atoms with Crippen LogP contribution in [0.4, 0.5) is 0 Å². The first kappa shape index (κ1) is 22.4. The maximum absolute atomic E-state index is 13.1. The quantitative estimate of drug-likeness (QED) is 0.416. The Morgan fingerprint density at radius 1 is 1.24 bits per heavy atom. The van der Waals surface area contributed by atoms with Gasteiger partial charge in [0.2, 0.25) is 5.91 Å². The van der Waals surface area contributed by atoms with Crippen LogP contribution >= 0.6 is 11.3 Å². The van der Waals surface area contributed by atoms with Crippen LogP contribution in [0.1, 0.15) is 24.6 Å². The second-order valence-electron chi connectivity index (χ2n) is 8.31.